The van der Waals surface area contributed by atoms with Crippen LogP contribution < -0.4 is 11.1 Å². The van der Waals surface area contributed by atoms with Crippen LogP contribution in [0.2, 0.25) is 5.15 Å². The van der Waals surface area contributed by atoms with Crippen molar-refractivity contribution in [2.75, 3.05) is 12.3 Å². The summed E-state index contributed by atoms with van der Waals surface area (Å²) in [6.45, 7) is 1.08. The summed E-state index contributed by atoms with van der Waals surface area (Å²) >= 11 is 5.72. The predicted molar refractivity (Wildman–Crippen MR) is 68.2 cm³/mol. The number of carbonyl (C=O) groups excluding carboxylic acids is 1. The maximum absolute atomic E-state index is 11.8. The largest absolute Gasteiger partial charge is 0.384 e. The summed E-state index contributed by atoms with van der Waals surface area (Å²) in [5.41, 5.74) is 5.91. The molecule has 0 fully saturated rings. The molecule has 0 aliphatic rings. The van der Waals surface area contributed by atoms with E-state index in [-0.39, 0.29) is 16.9 Å². The van der Waals surface area contributed by atoms with Gasteiger partial charge in [0.25, 0.3) is 5.91 Å². The number of halogens is 1. The van der Waals surface area contributed by atoms with E-state index >= 15 is 0 Å². The first-order valence-corrected chi connectivity index (χ1v) is 5.71. The van der Waals surface area contributed by atoms with E-state index in [0.29, 0.717) is 18.7 Å². The molecule has 2 aromatic rings. The van der Waals surface area contributed by atoms with Crippen molar-refractivity contribution < 1.29 is 4.79 Å². The topological polar surface area (TPSA) is 85.8 Å². The molecule has 6 nitrogen and oxygen atoms in total. The third-order valence-corrected chi connectivity index (χ3v) is 2.46. The van der Waals surface area contributed by atoms with Gasteiger partial charge in [0.2, 0.25) is 0 Å². The Morgan fingerprint density at radius 2 is 2.33 bits per heavy atom. The minimum absolute atomic E-state index is 0.201. The molecule has 0 radical (unpaired) electrons. The summed E-state index contributed by atoms with van der Waals surface area (Å²) in [4.78, 5) is 15.6. The van der Waals surface area contributed by atoms with Crippen LogP contribution in [0.15, 0.2) is 30.6 Å². The lowest BCUT2D eigenvalue weighted by molar-refractivity contribution is 0.0952. The third-order valence-electron chi connectivity index (χ3n) is 2.26. The van der Waals surface area contributed by atoms with Gasteiger partial charge in [-0.05, 0) is 18.2 Å². The fourth-order valence-electron chi connectivity index (χ4n) is 1.47. The monoisotopic (exact) mass is 265 g/mol. The van der Waals surface area contributed by atoms with Crippen molar-refractivity contribution in [3.05, 3.63) is 41.3 Å². The van der Waals surface area contributed by atoms with Gasteiger partial charge >= 0.3 is 0 Å². The minimum atomic E-state index is -0.238. The van der Waals surface area contributed by atoms with E-state index in [2.05, 4.69) is 15.4 Å². The van der Waals surface area contributed by atoms with Crippen molar-refractivity contribution in [1.29, 1.82) is 0 Å². The zero-order valence-corrected chi connectivity index (χ0v) is 10.3. The molecule has 94 valence electrons. The van der Waals surface area contributed by atoms with Crippen LogP contribution in [0.4, 0.5) is 5.82 Å². The Labute approximate surface area is 109 Å². The number of pyridine rings is 1. The number of nitrogens with zero attached hydrogens (tertiary/aromatic N) is 3. The predicted octanol–water partition coefficient (Wildman–Crippen LogP) is 0.944. The highest BCUT2D eigenvalue weighted by Crippen LogP contribution is 2.11. The molecule has 18 heavy (non-hydrogen) atoms. The maximum Gasteiger partial charge on any atom is 0.251 e. The van der Waals surface area contributed by atoms with E-state index in [1.807, 2.05) is 12.3 Å². The van der Waals surface area contributed by atoms with Crippen LogP contribution in [0.1, 0.15) is 10.4 Å². The van der Waals surface area contributed by atoms with Crippen molar-refractivity contribution in [3.8, 4) is 0 Å². The number of nitrogen functional groups attached to an aromatic ring is 1. The summed E-state index contributed by atoms with van der Waals surface area (Å²) in [5.74, 6) is -0.0158. The molecule has 2 aromatic heterocycles. The number of aromatic nitrogens is 3. The Morgan fingerprint density at radius 1 is 1.50 bits per heavy atom. The lowest BCUT2D eigenvalue weighted by Crippen LogP contribution is -2.27. The second-order valence-corrected chi connectivity index (χ2v) is 4.02. The Balaban J connectivity index is 1.91. The molecular weight excluding hydrogens is 254 g/mol. The van der Waals surface area contributed by atoms with E-state index in [9.17, 15) is 4.79 Å². The number of hydrogen-bond acceptors (Lipinski definition) is 4. The second-order valence-electron chi connectivity index (χ2n) is 3.63. The van der Waals surface area contributed by atoms with E-state index < -0.39 is 0 Å². The fourth-order valence-corrected chi connectivity index (χ4v) is 1.68. The van der Waals surface area contributed by atoms with Crippen molar-refractivity contribution >= 4 is 23.3 Å². The summed E-state index contributed by atoms with van der Waals surface area (Å²) in [7, 11) is 0. The molecule has 0 saturated carbocycles. The van der Waals surface area contributed by atoms with Crippen molar-refractivity contribution in [1.82, 2.24) is 20.1 Å². The Hall–Kier alpha value is -2.08. The first-order chi connectivity index (χ1) is 8.65. The van der Waals surface area contributed by atoms with Gasteiger partial charge in [0.1, 0.15) is 11.0 Å². The molecule has 0 saturated heterocycles. The molecule has 0 aromatic carbocycles. The van der Waals surface area contributed by atoms with Gasteiger partial charge in [-0.3, -0.25) is 9.48 Å². The number of nitrogens with two attached hydrogens (primary N) is 1. The molecule has 1 amide bonds. The first-order valence-electron chi connectivity index (χ1n) is 5.34. The van der Waals surface area contributed by atoms with Gasteiger partial charge in [0.05, 0.1) is 6.54 Å². The molecule has 0 unspecified atom stereocenters. The molecule has 0 aliphatic heterocycles. The smallest absolute Gasteiger partial charge is 0.251 e. The molecule has 2 heterocycles. The van der Waals surface area contributed by atoms with Gasteiger partial charge < -0.3 is 11.1 Å². The Bertz CT molecular complexity index is 520. The molecule has 7 heteroatoms. The average Bonchev–Trinajstić information content (AvgIpc) is 2.80. The molecule has 0 atom stereocenters. The standard InChI is InChI=1S/C11H12ClN5O/c12-9-6-8(7-10(13)16-9)11(18)14-3-5-17-4-1-2-15-17/h1-2,4,6-7H,3,5H2,(H2,13,16)(H,14,18). The molecular formula is C11H12ClN5O. The van der Waals surface area contributed by atoms with Crippen LogP contribution in [0, 0.1) is 0 Å². The number of amides is 1. The zero-order valence-electron chi connectivity index (χ0n) is 9.51. The highest BCUT2D eigenvalue weighted by atomic mass is 35.5. The lowest BCUT2D eigenvalue weighted by Gasteiger charge is -2.06. The molecule has 0 spiro atoms. The van der Waals surface area contributed by atoms with Crippen LogP contribution in [-0.2, 0) is 6.54 Å². The van der Waals surface area contributed by atoms with Crippen molar-refractivity contribution in [2.45, 2.75) is 6.54 Å². The fraction of sp³-hybridized carbons (Fsp3) is 0.182. The van der Waals surface area contributed by atoms with Gasteiger partial charge in [-0.25, -0.2) is 4.98 Å². The number of anilines is 1. The van der Waals surface area contributed by atoms with Gasteiger partial charge in [0.15, 0.2) is 0 Å². The average molecular weight is 266 g/mol. The summed E-state index contributed by atoms with van der Waals surface area (Å²) < 4.78 is 1.73. The molecule has 0 aliphatic carbocycles. The van der Waals surface area contributed by atoms with E-state index in [1.54, 1.807) is 10.9 Å². The van der Waals surface area contributed by atoms with Crippen LogP contribution in [0.3, 0.4) is 0 Å². The summed E-state index contributed by atoms with van der Waals surface area (Å²) in [5, 5.41) is 6.98. The summed E-state index contributed by atoms with van der Waals surface area (Å²) in [6.07, 6.45) is 3.51. The number of nitrogens with one attached hydrogen (secondary N) is 1. The number of hydrogen-bond donors (Lipinski definition) is 2. The van der Waals surface area contributed by atoms with Crippen LogP contribution in [0.5, 0.6) is 0 Å². The first kappa shape index (κ1) is 12.4. The lowest BCUT2D eigenvalue weighted by atomic mass is 10.2. The van der Waals surface area contributed by atoms with Crippen LogP contribution in [0.25, 0.3) is 0 Å². The van der Waals surface area contributed by atoms with Crippen LogP contribution in [-0.4, -0.2) is 27.2 Å². The third kappa shape index (κ3) is 3.21. The van der Waals surface area contributed by atoms with Crippen LogP contribution >= 0.6 is 11.6 Å². The van der Waals surface area contributed by atoms with E-state index in [4.69, 9.17) is 17.3 Å². The quantitative estimate of drug-likeness (QED) is 0.806. The Kier molecular flexibility index (Phi) is 3.78. The molecule has 2 rings (SSSR count). The second kappa shape index (κ2) is 5.50. The van der Waals surface area contributed by atoms with Crippen molar-refractivity contribution in [2.24, 2.45) is 0 Å². The van der Waals surface area contributed by atoms with Crippen molar-refractivity contribution in [3.63, 3.8) is 0 Å². The minimum Gasteiger partial charge on any atom is -0.384 e. The van der Waals surface area contributed by atoms with Gasteiger partial charge in [-0.15, -0.1) is 0 Å². The van der Waals surface area contributed by atoms with E-state index in [0.717, 1.165) is 0 Å². The summed E-state index contributed by atoms with van der Waals surface area (Å²) in [6, 6.07) is 4.78. The maximum atomic E-state index is 11.8. The highest BCUT2D eigenvalue weighted by Gasteiger charge is 2.07. The van der Waals surface area contributed by atoms with E-state index in [1.165, 1.54) is 12.1 Å². The van der Waals surface area contributed by atoms with Gasteiger partial charge in [-0.1, -0.05) is 11.6 Å². The SMILES string of the molecule is Nc1cc(C(=O)NCCn2cccn2)cc(Cl)n1. The number of rotatable bonds is 4. The number of carbonyl (C=O) groups is 1. The normalized spacial score (nSPS) is 10.3. The zero-order chi connectivity index (χ0) is 13.0. The highest BCUT2D eigenvalue weighted by molar-refractivity contribution is 6.29. The Morgan fingerprint density at radius 3 is 3.00 bits per heavy atom. The van der Waals surface area contributed by atoms with Gasteiger partial charge in [0, 0.05) is 24.5 Å². The molecule has 3 N–H and O–H groups in total. The molecule has 0 bridgehead atoms. The van der Waals surface area contributed by atoms with Gasteiger partial charge in [-0.2, -0.15) is 5.10 Å².